The molecule has 0 fully saturated rings. The van der Waals surface area contributed by atoms with Gasteiger partial charge in [0, 0.05) is 19.4 Å². The highest BCUT2D eigenvalue weighted by molar-refractivity contribution is 5.65. The standard InChI is InChI=1S/C13H12N4/c1-10-5-7-16-13(12(10)8-14)17(2)11-4-3-6-15-9-11/h3-7,9H,1-2H3. The van der Waals surface area contributed by atoms with Gasteiger partial charge in [0.1, 0.15) is 6.07 Å². The van der Waals surface area contributed by atoms with Crippen molar-refractivity contribution < 1.29 is 0 Å². The van der Waals surface area contributed by atoms with Crippen LogP contribution in [0, 0.1) is 18.3 Å². The third kappa shape index (κ3) is 2.08. The highest BCUT2D eigenvalue weighted by atomic mass is 15.2. The summed E-state index contributed by atoms with van der Waals surface area (Å²) in [5.74, 6) is 0.653. The zero-order valence-electron chi connectivity index (χ0n) is 9.75. The fraction of sp³-hybridized carbons (Fsp3) is 0.154. The van der Waals surface area contributed by atoms with Gasteiger partial charge < -0.3 is 4.90 Å². The van der Waals surface area contributed by atoms with Gasteiger partial charge in [0.25, 0.3) is 0 Å². The molecule has 0 spiro atoms. The summed E-state index contributed by atoms with van der Waals surface area (Å²) in [5.41, 5.74) is 2.43. The molecule has 0 radical (unpaired) electrons. The van der Waals surface area contributed by atoms with Crippen LogP contribution in [0.1, 0.15) is 11.1 Å². The number of rotatable bonds is 2. The Morgan fingerprint density at radius 2 is 2.12 bits per heavy atom. The minimum atomic E-state index is 0.596. The summed E-state index contributed by atoms with van der Waals surface area (Å²) in [4.78, 5) is 10.2. The molecule has 17 heavy (non-hydrogen) atoms. The van der Waals surface area contributed by atoms with Gasteiger partial charge in [0.15, 0.2) is 5.82 Å². The molecule has 0 bridgehead atoms. The van der Waals surface area contributed by atoms with Crippen molar-refractivity contribution in [2.75, 3.05) is 11.9 Å². The molecule has 0 aliphatic rings. The lowest BCUT2D eigenvalue weighted by molar-refractivity contribution is 1.09. The molecule has 2 rings (SSSR count). The van der Waals surface area contributed by atoms with Crippen LogP contribution < -0.4 is 4.90 Å². The summed E-state index contributed by atoms with van der Waals surface area (Å²) in [6.07, 6.45) is 5.16. The van der Waals surface area contributed by atoms with E-state index < -0.39 is 0 Å². The fourth-order valence-electron chi connectivity index (χ4n) is 1.61. The third-order valence-corrected chi connectivity index (χ3v) is 2.60. The second kappa shape index (κ2) is 4.62. The van der Waals surface area contributed by atoms with Crippen molar-refractivity contribution in [3.63, 3.8) is 0 Å². The number of anilines is 2. The Bertz CT molecular complexity index is 557. The second-order valence-electron chi connectivity index (χ2n) is 3.71. The zero-order valence-corrected chi connectivity index (χ0v) is 9.75. The van der Waals surface area contributed by atoms with Gasteiger partial charge in [-0.3, -0.25) is 4.98 Å². The molecule has 0 aliphatic carbocycles. The largest absolute Gasteiger partial charge is 0.327 e. The lowest BCUT2D eigenvalue weighted by atomic mass is 10.1. The van der Waals surface area contributed by atoms with Crippen molar-refractivity contribution in [3.8, 4) is 6.07 Å². The van der Waals surface area contributed by atoms with Gasteiger partial charge in [-0.15, -0.1) is 0 Å². The van der Waals surface area contributed by atoms with E-state index in [1.807, 2.05) is 37.1 Å². The molecule has 0 saturated heterocycles. The lowest BCUT2D eigenvalue weighted by Crippen LogP contribution is -2.13. The lowest BCUT2D eigenvalue weighted by Gasteiger charge is -2.19. The molecule has 0 saturated carbocycles. The molecule has 0 amide bonds. The van der Waals surface area contributed by atoms with Crippen molar-refractivity contribution in [1.29, 1.82) is 5.26 Å². The van der Waals surface area contributed by atoms with E-state index in [2.05, 4.69) is 16.0 Å². The summed E-state index contributed by atoms with van der Waals surface area (Å²) in [6, 6.07) is 7.81. The molecular weight excluding hydrogens is 212 g/mol. The first-order chi connectivity index (χ1) is 8.24. The van der Waals surface area contributed by atoms with Gasteiger partial charge in [0.05, 0.1) is 17.4 Å². The van der Waals surface area contributed by atoms with Gasteiger partial charge in [-0.25, -0.2) is 4.98 Å². The van der Waals surface area contributed by atoms with E-state index in [1.54, 1.807) is 18.6 Å². The van der Waals surface area contributed by atoms with Crippen molar-refractivity contribution in [1.82, 2.24) is 9.97 Å². The molecule has 2 aromatic heterocycles. The van der Waals surface area contributed by atoms with E-state index in [-0.39, 0.29) is 0 Å². The molecular formula is C13H12N4. The molecule has 4 heteroatoms. The molecule has 84 valence electrons. The number of nitrogens with zero attached hydrogens (tertiary/aromatic N) is 4. The normalized spacial score (nSPS) is 9.71. The smallest absolute Gasteiger partial charge is 0.150 e. The van der Waals surface area contributed by atoms with Gasteiger partial charge in [0.2, 0.25) is 0 Å². The van der Waals surface area contributed by atoms with Crippen LogP contribution in [0.4, 0.5) is 11.5 Å². The zero-order chi connectivity index (χ0) is 12.3. The van der Waals surface area contributed by atoms with E-state index in [0.29, 0.717) is 11.4 Å². The predicted molar refractivity (Wildman–Crippen MR) is 66.0 cm³/mol. The Morgan fingerprint density at radius 3 is 2.76 bits per heavy atom. The number of hydrogen-bond donors (Lipinski definition) is 0. The average Bonchev–Trinajstić information content (AvgIpc) is 2.38. The highest BCUT2D eigenvalue weighted by Gasteiger charge is 2.12. The van der Waals surface area contributed by atoms with Crippen molar-refractivity contribution in [2.45, 2.75) is 6.92 Å². The van der Waals surface area contributed by atoms with Gasteiger partial charge >= 0.3 is 0 Å². The van der Waals surface area contributed by atoms with E-state index in [1.165, 1.54) is 0 Å². The monoisotopic (exact) mass is 224 g/mol. The van der Waals surface area contributed by atoms with Crippen LogP contribution in [0.3, 0.4) is 0 Å². The number of nitriles is 1. The molecule has 0 N–H and O–H groups in total. The van der Waals surface area contributed by atoms with Crippen molar-refractivity contribution in [3.05, 3.63) is 47.9 Å². The molecule has 0 atom stereocenters. The van der Waals surface area contributed by atoms with Crippen LogP contribution in [0.2, 0.25) is 0 Å². The Hall–Kier alpha value is -2.41. The minimum Gasteiger partial charge on any atom is -0.327 e. The van der Waals surface area contributed by atoms with E-state index in [0.717, 1.165) is 11.3 Å². The summed E-state index contributed by atoms with van der Waals surface area (Å²) in [5, 5.41) is 9.16. The Balaban J connectivity index is 2.49. The second-order valence-corrected chi connectivity index (χ2v) is 3.71. The highest BCUT2D eigenvalue weighted by Crippen LogP contribution is 2.25. The van der Waals surface area contributed by atoms with Crippen LogP contribution in [0.25, 0.3) is 0 Å². The maximum Gasteiger partial charge on any atom is 0.150 e. The number of pyridine rings is 2. The Kier molecular flexibility index (Phi) is 3.01. The van der Waals surface area contributed by atoms with Crippen LogP contribution in [0.5, 0.6) is 0 Å². The third-order valence-electron chi connectivity index (χ3n) is 2.60. The van der Waals surface area contributed by atoms with E-state index in [4.69, 9.17) is 5.26 Å². The van der Waals surface area contributed by atoms with Crippen LogP contribution >= 0.6 is 0 Å². The molecule has 0 unspecified atom stereocenters. The number of hydrogen-bond acceptors (Lipinski definition) is 4. The van der Waals surface area contributed by atoms with Crippen LogP contribution in [-0.4, -0.2) is 17.0 Å². The average molecular weight is 224 g/mol. The Labute approximate surface area is 100 Å². The SMILES string of the molecule is Cc1ccnc(N(C)c2cccnc2)c1C#N. The molecule has 0 aliphatic heterocycles. The summed E-state index contributed by atoms with van der Waals surface area (Å²) >= 11 is 0. The van der Waals surface area contributed by atoms with Crippen molar-refractivity contribution >= 4 is 11.5 Å². The first-order valence-corrected chi connectivity index (χ1v) is 5.23. The number of aryl methyl sites for hydroxylation is 1. The quantitative estimate of drug-likeness (QED) is 0.786. The molecule has 0 aromatic carbocycles. The maximum atomic E-state index is 9.16. The van der Waals surface area contributed by atoms with Gasteiger partial charge in [-0.1, -0.05) is 0 Å². The van der Waals surface area contributed by atoms with Gasteiger partial charge in [-0.05, 0) is 30.7 Å². The van der Waals surface area contributed by atoms with Crippen LogP contribution in [0.15, 0.2) is 36.8 Å². The summed E-state index contributed by atoms with van der Waals surface area (Å²) in [7, 11) is 1.87. The first kappa shape index (κ1) is 11.1. The molecule has 2 heterocycles. The van der Waals surface area contributed by atoms with Crippen molar-refractivity contribution in [2.24, 2.45) is 0 Å². The predicted octanol–water partition coefficient (Wildman–Crippen LogP) is 2.42. The first-order valence-electron chi connectivity index (χ1n) is 5.23. The summed E-state index contributed by atoms with van der Waals surface area (Å²) in [6.45, 7) is 1.90. The Morgan fingerprint density at radius 1 is 1.29 bits per heavy atom. The van der Waals surface area contributed by atoms with E-state index in [9.17, 15) is 0 Å². The topological polar surface area (TPSA) is 52.8 Å². The summed E-state index contributed by atoms with van der Waals surface area (Å²) < 4.78 is 0. The van der Waals surface area contributed by atoms with Gasteiger partial charge in [-0.2, -0.15) is 5.26 Å². The number of aromatic nitrogens is 2. The maximum absolute atomic E-state index is 9.16. The molecule has 4 nitrogen and oxygen atoms in total. The fourth-order valence-corrected chi connectivity index (χ4v) is 1.61. The molecule has 2 aromatic rings. The van der Waals surface area contributed by atoms with Crippen LogP contribution in [-0.2, 0) is 0 Å². The van der Waals surface area contributed by atoms with E-state index >= 15 is 0 Å². The minimum absolute atomic E-state index is 0.596.